The zero-order chi connectivity index (χ0) is 14.6. The van der Waals surface area contributed by atoms with Gasteiger partial charge in [-0.1, -0.05) is 6.92 Å². The van der Waals surface area contributed by atoms with Crippen LogP contribution < -0.4 is 5.32 Å². The number of nitrogens with one attached hydrogen (secondary N) is 1. The molecule has 1 N–H and O–H groups in total. The second-order valence-corrected chi connectivity index (χ2v) is 7.38. The first-order valence-corrected chi connectivity index (χ1v) is 9.03. The molecule has 112 valence electrons. The van der Waals surface area contributed by atoms with Crippen LogP contribution >= 0.6 is 0 Å². The van der Waals surface area contributed by atoms with Crippen LogP contribution in [0.1, 0.15) is 26.2 Å². The van der Waals surface area contributed by atoms with Crippen LogP contribution in [0.15, 0.2) is 23.4 Å². The summed E-state index contributed by atoms with van der Waals surface area (Å²) >= 11 is 0. The molecule has 0 radical (unpaired) electrons. The molecule has 0 saturated carbocycles. The first-order chi connectivity index (χ1) is 9.49. The molecule has 2 heterocycles. The molecular formula is C14H23N3O2S. The fourth-order valence-electron chi connectivity index (χ4n) is 2.54. The highest BCUT2D eigenvalue weighted by atomic mass is 32.2. The van der Waals surface area contributed by atoms with Crippen LogP contribution in [0.2, 0.25) is 0 Å². The number of pyridine rings is 1. The Kier molecular flexibility index (Phi) is 4.99. The topological polar surface area (TPSA) is 62.3 Å². The van der Waals surface area contributed by atoms with E-state index in [0.717, 1.165) is 31.6 Å². The van der Waals surface area contributed by atoms with Gasteiger partial charge >= 0.3 is 0 Å². The molecule has 0 unspecified atom stereocenters. The van der Waals surface area contributed by atoms with E-state index in [1.165, 1.54) is 19.2 Å². The maximum atomic E-state index is 11.3. The van der Waals surface area contributed by atoms with E-state index in [2.05, 4.69) is 22.1 Å². The normalized spacial score (nSPS) is 18.1. The van der Waals surface area contributed by atoms with Gasteiger partial charge in [-0.05, 0) is 37.9 Å². The summed E-state index contributed by atoms with van der Waals surface area (Å²) in [5.41, 5.74) is 0.895. The monoisotopic (exact) mass is 297 g/mol. The number of aromatic nitrogens is 1. The Morgan fingerprint density at radius 3 is 2.55 bits per heavy atom. The van der Waals surface area contributed by atoms with E-state index in [1.54, 1.807) is 18.3 Å². The second kappa shape index (κ2) is 6.54. The second-order valence-electron chi connectivity index (χ2n) is 5.42. The van der Waals surface area contributed by atoms with Gasteiger partial charge in [-0.25, -0.2) is 13.4 Å². The van der Waals surface area contributed by atoms with Gasteiger partial charge in [0, 0.05) is 25.4 Å². The highest BCUT2D eigenvalue weighted by Gasteiger charge is 2.18. The van der Waals surface area contributed by atoms with E-state index < -0.39 is 9.84 Å². The minimum Gasteiger partial charge on any atom is -0.381 e. The lowest BCUT2D eigenvalue weighted by molar-refractivity contribution is 0.219. The molecule has 2 rings (SSSR count). The average Bonchev–Trinajstić information content (AvgIpc) is 2.41. The maximum absolute atomic E-state index is 11.3. The van der Waals surface area contributed by atoms with Gasteiger partial charge < -0.3 is 10.2 Å². The Morgan fingerprint density at radius 1 is 1.35 bits per heavy atom. The lowest BCUT2D eigenvalue weighted by Crippen LogP contribution is -2.39. The van der Waals surface area contributed by atoms with E-state index in [4.69, 9.17) is 0 Å². The number of sulfone groups is 1. The number of nitrogens with zero attached hydrogens (tertiary/aromatic N) is 2. The van der Waals surface area contributed by atoms with E-state index in [-0.39, 0.29) is 5.03 Å². The Labute approximate surface area is 121 Å². The first kappa shape index (κ1) is 15.3. The fraction of sp³-hybridized carbons (Fsp3) is 0.643. The van der Waals surface area contributed by atoms with Crippen LogP contribution in [-0.4, -0.2) is 50.2 Å². The van der Waals surface area contributed by atoms with Crippen molar-refractivity contribution in [3.63, 3.8) is 0 Å². The molecule has 1 aromatic rings. The SMILES string of the molecule is CCCN1CCC(Nc2ccc(S(C)(=O)=O)nc2)CC1. The summed E-state index contributed by atoms with van der Waals surface area (Å²) in [6, 6.07) is 3.81. The maximum Gasteiger partial charge on any atom is 0.192 e. The summed E-state index contributed by atoms with van der Waals surface area (Å²) in [5.74, 6) is 0. The average molecular weight is 297 g/mol. The van der Waals surface area contributed by atoms with Gasteiger partial charge in [-0.2, -0.15) is 0 Å². The number of hydrogen-bond donors (Lipinski definition) is 1. The Balaban J connectivity index is 1.89. The summed E-state index contributed by atoms with van der Waals surface area (Å²) in [6.07, 6.45) is 6.22. The minimum atomic E-state index is -3.21. The molecule has 1 aliphatic heterocycles. The van der Waals surface area contributed by atoms with Crippen molar-refractivity contribution in [1.29, 1.82) is 0 Å². The zero-order valence-electron chi connectivity index (χ0n) is 12.2. The van der Waals surface area contributed by atoms with Crippen molar-refractivity contribution in [3.05, 3.63) is 18.3 Å². The van der Waals surface area contributed by atoms with Crippen molar-refractivity contribution < 1.29 is 8.42 Å². The third-order valence-corrected chi connectivity index (χ3v) is 4.62. The van der Waals surface area contributed by atoms with Gasteiger partial charge in [-0.15, -0.1) is 0 Å². The summed E-state index contributed by atoms with van der Waals surface area (Å²) < 4.78 is 22.7. The van der Waals surface area contributed by atoms with Crippen LogP contribution in [0, 0.1) is 0 Å². The lowest BCUT2D eigenvalue weighted by atomic mass is 10.0. The van der Waals surface area contributed by atoms with Crippen LogP contribution in [0.25, 0.3) is 0 Å². The van der Waals surface area contributed by atoms with Crippen LogP contribution in [0.5, 0.6) is 0 Å². The van der Waals surface area contributed by atoms with E-state index in [1.807, 2.05) is 0 Å². The molecule has 1 saturated heterocycles. The summed E-state index contributed by atoms with van der Waals surface area (Å²) in [6.45, 7) is 5.64. The third-order valence-electron chi connectivity index (χ3n) is 3.61. The molecule has 6 heteroatoms. The smallest absolute Gasteiger partial charge is 0.192 e. The highest BCUT2D eigenvalue weighted by molar-refractivity contribution is 7.90. The van der Waals surface area contributed by atoms with Gasteiger partial charge in [-0.3, -0.25) is 0 Å². The first-order valence-electron chi connectivity index (χ1n) is 7.14. The Bertz CT molecular complexity index is 520. The fourth-order valence-corrected chi connectivity index (χ4v) is 3.10. The minimum absolute atomic E-state index is 0.126. The van der Waals surface area contributed by atoms with Crippen LogP contribution in [0.4, 0.5) is 5.69 Å². The molecule has 1 aromatic heterocycles. The van der Waals surface area contributed by atoms with Gasteiger partial charge in [0.25, 0.3) is 0 Å². The molecular weight excluding hydrogens is 274 g/mol. The number of anilines is 1. The van der Waals surface area contributed by atoms with Crippen LogP contribution in [0.3, 0.4) is 0 Å². The number of hydrogen-bond acceptors (Lipinski definition) is 5. The number of likely N-dealkylation sites (tertiary alicyclic amines) is 1. The molecule has 0 atom stereocenters. The summed E-state index contributed by atoms with van der Waals surface area (Å²) in [7, 11) is -3.21. The third kappa shape index (κ3) is 4.18. The zero-order valence-corrected chi connectivity index (χ0v) is 13.0. The number of rotatable bonds is 5. The predicted molar refractivity (Wildman–Crippen MR) is 80.7 cm³/mol. The molecule has 0 aliphatic carbocycles. The summed E-state index contributed by atoms with van der Waals surface area (Å²) in [5, 5.41) is 3.56. The highest BCUT2D eigenvalue weighted by Crippen LogP contribution is 2.17. The quantitative estimate of drug-likeness (QED) is 0.897. The van der Waals surface area contributed by atoms with Crippen molar-refractivity contribution >= 4 is 15.5 Å². The lowest BCUT2D eigenvalue weighted by Gasteiger charge is -2.32. The van der Waals surface area contributed by atoms with E-state index in [0.29, 0.717) is 6.04 Å². The van der Waals surface area contributed by atoms with E-state index in [9.17, 15) is 8.42 Å². The van der Waals surface area contributed by atoms with Gasteiger partial charge in [0.2, 0.25) is 0 Å². The Hall–Kier alpha value is -1.14. The molecule has 20 heavy (non-hydrogen) atoms. The molecule has 5 nitrogen and oxygen atoms in total. The molecule has 1 aliphatic rings. The van der Waals surface area contributed by atoms with Crippen molar-refractivity contribution in [1.82, 2.24) is 9.88 Å². The number of piperidine rings is 1. The van der Waals surface area contributed by atoms with Gasteiger partial charge in [0.05, 0.1) is 11.9 Å². The molecule has 0 bridgehead atoms. The molecule has 0 amide bonds. The van der Waals surface area contributed by atoms with E-state index >= 15 is 0 Å². The van der Waals surface area contributed by atoms with Crippen molar-refractivity contribution in [3.8, 4) is 0 Å². The Morgan fingerprint density at radius 2 is 2.05 bits per heavy atom. The molecule has 0 spiro atoms. The predicted octanol–water partition coefficient (Wildman–Crippen LogP) is 1.77. The van der Waals surface area contributed by atoms with Crippen molar-refractivity contribution in [2.45, 2.75) is 37.3 Å². The van der Waals surface area contributed by atoms with Crippen LogP contribution in [-0.2, 0) is 9.84 Å². The standard InChI is InChI=1S/C14H23N3O2S/c1-3-8-17-9-6-12(7-10-17)16-13-4-5-14(15-11-13)20(2,18)19/h4-5,11-12,16H,3,6-10H2,1-2H3. The molecule has 1 fully saturated rings. The molecule has 0 aromatic carbocycles. The van der Waals surface area contributed by atoms with Crippen molar-refractivity contribution in [2.75, 3.05) is 31.2 Å². The largest absolute Gasteiger partial charge is 0.381 e. The van der Waals surface area contributed by atoms with Gasteiger partial charge in [0.15, 0.2) is 14.9 Å². The van der Waals surface area contributed by atoms with Gasteiger partial charge in [0.1, 0.15) is 0 Å². The summed E-state index contributed by atoms with van der Waals surface area (Å²) in [4.78, 5) is 6.49. The van der Waals surface area contributed by atoms with Crippen molar-refractivity contribution in [2.24, 2.45) is 0 Å².